The maximum absolute atomic E-state index is 4.83. The Morgan fingerprint density at radius 1 is 0.808 bits per heavy atom. The van der Waals surface area contributed by atoms with E-state index < -0.39 is 0 Å². The van der Waals surface area contributed by atoms with E-state index in [1.54, 1.807) is 0 Å². The van der Waals surface area contributed by atoms with Crippen molar-refractivity contribution in [3.8, 4) is 11.4 Å². The number of fused-ring (bicyclic) bond motifs is 1. The van der Waals surface area contributed by atoms with Gasteiger partial charge in [0.1, 0.15) is 5.82 Å². The van der Waals surface area contributed by atoms with Crippen LogP contribution in [0.3, 0.4) is 0 Å². The molecule has 0 amide bonds. The molecular formula is C22H18BrN3. The first-order chi connectivity index (χ1) is 12.6. The van der Waals surface area contributed by atoms with Gasteiger partial charge in [0.05, 0.1) is 11.2 Å². The lowest BCUT2D eigenvalue weighted by Gasteiger charge is -2.13. The third-order valence-electron chi connectivity index (χ3n) is 4.26. The highest BCUT2D eigenvalue weighted by molar-refractivity contribution is 9.10. The van der Waals surface area contributed by atoms with Gasteiger partial charge in [0.15, 0.2) is 5.82 Å². The van der Waals surface area contributed by atoms with Gasteiger partial charge in [0.2, 0.25) is 0 Å². The third kappa shape index (κ3) is 3.33. The van der Waals surface area contributed by atoms with E-state index in [0.717, 1.165) is 38.3 Å². The Kier molecular flexibility index (Phi) is 4.43. The molecule has 1 heterocycles. The Morgan fingerprint density at radius 2 is 1.62 bits per heavy atom. The molecule has 3 aromatic carbocycles. The van der Waals surface area contributed by atoms with Crippen LogP contribution in [0.25, 0.3) is 22.3 Å². The number of para-hydroxylation sites is 1. The van der Waals surface area contributed by atoms with Gasteiger partial charge in [-0.05, 0) is 65.7 Å². The maximum Gasteiger partial charge on any atom is 0.162 e. The molecule has 0 radical (unpaired) electrons. The SMILES string of the molecule is Cc1cccc(-c2nc(Nc3ccc(C)cc3Br)c3ccccc3n2)c1. The lowest BCUT2D eigenvalue weighted by molar-refractivity contribution is 1.22. The fourth-order valence-electron chi connectivity index (χ4n) is 2.93. The van der Waals surface area contributed by atoms with Crippen molar-refractivity contribution in [1.82, 2.24) is 9.97 Å². The summed E-state index contributed by atoms with van der Waals surface area (Å²) < 4.78 is 1.01. The Labute approximate surface area is 161 Å². The van der Waals surface area contributed by atoms with E-state index in [4.69, 9.17) is 9.97 Å². The highest BCUT2D eigenvalue weighted by Gasteiger charge is 2.11. The first-order valence-corrected chi connectivity index (χ1v) is 9.26. The number of nitrogens with zero attached hydrogens (tertiary/aromatic N) is 2. The zero-order valence-electron chi connectivity index (χ0n) is 14.6. The second kappa shape index (κ2) is 6.89. The van der Waals surface area contributed by atoms with Crippen LogP contribution in [-0.2, 0) is 0 Å². The van der Waals surface area contributed by atoms with E-state index in [9.17, 15) is 0 Å². The molecule has 0 atom stereocenters. The standard InChI is InChI=1S/C22H18BrN3/c1-14-6-5-7-16(12-14)21-24-19-9-4-3-8-17(19)22(26-21)25-20-11-10-15(2)13-18(20)23/h3-13H,1-2H3,(H,24,25,26). The number of benzene rings is 3. The van der Waals surface area contributed by atoms with Crippen molar-refractivity contribution in [2.24, 2.45) is 0 Å². The molecule has 1 aromatic heterocycles. The monoisotopic (exact) mass is 403 g/mol. The molecule has 0 aliphatic carbocycles. The first kappa shape index (κ1) is 16.7. The van der Waals surface area contributed by atoms with Gasteiger partial charge in [0.25, 0.3) is 0 Å². The molecule has 0 saturated carbocycles. The quantitative estimate of drug-likeness (QED) is 0.428. The summed E-state index contributed by atoms with van der Waals surface area (Å²) in [5, 5.41) is 4.47. The number of hydrogen-bond donors (Lipinski definition) is 1. The largest absolute Gasteiger partial charge is 0.339 e. The summed E-state index contributed by atoms with van der Waals surface area (Å²) in [6.07, 6.45) is 0. The average molecular weight is 404 g/mol. The van der Waals surface area contributed by atoms with Crippen LogP contribution in [0.5, 0.6) is 0 Å². The summed E-state index contributed by atoms with van der Waals surface area (Å²) in [4.78, 5) is 9.59. The summed E-state index contributed by atoms with van der Waals surface area (Å²) in [6, 6.07) is 22.6. The van der Waals surface area contributed by atoms with Crippen molar-refractivity contribution in [2.75, 3.05) is 5.32 Å². The second-order valence-corrected chi connectivity index (χ2v) is 7.25. The van der Waals surface area contributed by atoms with Crippen molar-refractivity contribution in [2.45, 2.75) is 13.8 Å². The zero-order valence-corrected chi connectivity index (χ0v) is 16.2. The van der Waals surface area contributed by atoms with Gasteiger partial charge in [-0.15, -0.1) is 0 Å². The van der Waals surface area contributed by atoms with Crippen LogP contribution in [0.15, 0.2) is 71.2 Å². The minimum atomic E-state index is 0.720. The molecule has 0 fully saturated rings. The Balaban J connectivity index is 1.87. The smallest absolute Gasteiger partial charge is 0.162 e. The predicted molar refractivity (Wildman–Crippen MR) is 112 cm³/mol. The number of anilines is 2. The summed E-state index contributed by atoms with van der Waals surface area (Å²) in [5.74, 6) is 1.52. The van der Waals surface area contributed by atoms with E-state index in [1.807, 2.05) is 36.4 Å². The van der Waals surface area contributed by atoms with Gasteiger partial charge >= 0.3 is 0 Å². The molecule has 0 saturated heterocycles. The fraction of sp³-hybridized carbons (Fsp3) is 0.0909. The minimum Gasteiger partial charge on any atom is -0.339 e. The normalized spacial score (nSPS) is 10.9. The zero-order chi connectivity index (χ0) is 18.1. The summed E-state index contributed by atoms with van der Waals surface area (Å²) in [7, 11) is 0. The first-order valence-electron chi connectivity index (χ1n) is 8.47. The van der Waals surface area contributed by atoms with Crippen LogP contribution in [0.2, 0.25) is 0 Å². The molecule has 0 unspecified atom stereocenters. The van der Waals surface area contributed by atoms with Crippen LogP contribution >= 0.6 is 15.9 Å². The molecule has 4 rings (SSSR count). The van der Waals surface area contributed by atoms with Crippen molar-refractivity contribution < 1.29 is 0 Å². The van der Waals surface area contributed by atoms with Gasteiger partial charge in [-0.1, -0.05) is 42.0 Å². The van der Waals surface area contributed by atoms with Crippen molar-refractivity contribution >= 4 is 38.3 Å². The topological polar surface area (TPSA) is 37.8 Å². The van der Waals surface area contributed by atoms with Crippen molar-refractivity contribution in [3.05, 3.63) is 82.3 Å². The summed E-state index contributed by atoms with van der Waals surface area (Å²) in [5.41, 5.74) is 5.31. The lowest BCUT2D eigenvalue weighted by atomic mass is 10.1. The lowest BCUT2D eigenvalue weighted by Crippen LogP contribution is -2.00. The summed E-state index contributed by atoms with van der Waals surface area (Å²) >= 11 is 3.64. The van der Waals surface area contributed by atoms with Gasteiger partial charge in [-0.3, -0.25) is 0 Å². The van der Waals surface area contributed by atoms with Crippen LogP contribution in [0, 0.1) is 13.8 Å². The Morgan fingerprint density at radius 3 is 2.42 bits per heavy atom. The van der Waals surface area contributed by atoms with Crippen LogP contribution in [0.4, 0.5) is 11.5 Å². The summed E-state index contributed by atoms with van der Waals surface area (Å²) in [6.45, 7) is 4.15. The average Bonchev–Trinajstić information content (AvgIpc) is 2.64. The fourth-order valence-corrected chi connectivity index (χ4v) is 3.53. The van der Waals surface area contributed by atoms with Crippen LogP contribution in [0.1, 0.15) is 11.1 Å². The number of halogens is 1. The van der Waals surface area contributed by atoms with Crippen molar-refractivity contribution in [1.29, 1.82) is 0 Å². The molecule has 1 N–H and O–H groups in total. The Bertz CT molecular complexity index is 1110. The van der Waals surface area contributed by atoms with Gasteiger partial charge in [0, 0.05) is 15.4 Å². The number of nitrogens with one attached hydrogen (secondary N) is 1. The molecule has 0 aliphatic rings. The van der Waals surface area contributed by atoms with E-state index in [0.29, 0.717) is 0 Å². The number of aryl methyl sites for hydroxylation is 2. The van der Waals surface area contributed by atoms with E-state index in [1.165, 1.54) is 11.1 Å². The van der Waals surface area contributed by atoms with E-state index in [-0.39, 0.29) is 0 Å². The molecule has 26 heavy (non-hydrogen) atoms. The highest BCUT2D eigenvalue weighted by Crippen LogP contribution is 2.31. The van der Waals surface area contributed by atoms with E-state index in [2.05, 4.69) is 65.4 Å². The maximum atomic E-state index is 4.83. The van der Waals surface area contributed by atoms with Crippen LogP contribution in [-0.4, -0.2) is 9.97 Å². The molecule has 128 valence electrons. The molecule has 0 bridgehead atoms. The second-order valence-electron chi connectivity index (χ2n) is 6.39. The van der Waals surface area contributed by atoms with Gasteiger partial charge < -0.3 is 5.32 Å². The van der Waals surface area contributed by atoms with Gasteiger partial charge in [-0.25, -0.2) is 9.97 Å². The van der Waals surface area contributed by atoms with Crippen LogP contribution < -0.4 is 5.32 Å². The molecule has 4 heteroatoms. The molecule has 0 spiro atoms. The van der Waals surface area contributed by atoms with Gasteiger partial charge in [-0.2, -0.15) is 0 Å². The van der Waals surface area contributed by atoms with E-state index >= 15 is 0 Å². The third-order valence-corrected chi connectivity index (χ3v) is 4.91. The molecule has 4 aromatic rings. The number of rotatable bonds is 3. The number of aromatic nitrogens is 2. The highest BCUT2D eigenvalue weighted by atomic mass is 79.9. The van der Waals surface area contributed by atoms with Crippen molar-refractivity contribution in [3.63, 3.8) is 0 Å². The molecule has 0 aliphatic heterocycles. The molecule has 3 nitrogen and oxygen atoms in total. The Hall–Kier alpha value is -2.72. The predicted octanol–water partition coefficient (Wildman–Crippen LogP) is 6.42. The molecular weight excluding hydrogens is 386 g/mol. The number of hydrogen-bond acceptors (Lipinski definition) is 3. The minimum absolute atomic E-state index is 0.720.